The van der Waals surface area contributed by atoms with Gasteiger partial charge in [-0.15, -0.1) is 0 Å². The van der Waals surface area contributed by atoms with Crippen molar-refractivity contribution in [1.29, 1.82) is 0 Å². The van der Waals surface area contributed by atoms with Crippen LogP contribution in [0, 0.1) is 5.92 Å². The number of rotatable bonds is 6. The molecule has 1 unspecified atom stereocenters. The maximum atomic E-state index is 6.22. The molecule has 0 aromatic heterocycles. The van der Waals surface area contributed by atoms with Crippen LogP contribution in [0.5, 0.6) is 5.75 Å². The number of ether oxygens (including phenoxy) is 1. The van der Waals surface area contributed by atoms with Crippen molar-refractivity contribution >= 4 is 24.2 Å². The maximum absolute atomic E-state index is 6.22. The van der Waals surface area contributed by atoms with E-state index in [0.29, 0.717) is 18.4 Å². The Morgan fingerprint density at radius 3 is 2.44 bits per heavy atom. The number of hydrogen-bond donors (Lipinski definition) is 1. The highest BCUT2D eigenvalue weighted by atomic mass is 35.5. The fourth-order valence-electron chi connectivity index (χ4n) is 2.01. The largest absolute Gasteiger partial charge is 0.493 e. The molecule has 0 saturated heterocycles. The maximum Gasteiger partial charge on any atom is 0.126 e. The van der Waals surface area contributed by atoms with Crippen LogP contribution in [0.3, 0.4) is 0 Å². The molecule has 0 fully saturated rings. The van der Waals surface area contributed by atoms with Crippen molar-refractivity contribution in [3.05, 3.63) is 28.3 Å². The minimum Gasteiger partial charge on any atom is -0.493 e. The summed E-state index contributed by atoms with van der Waals surface area (Å²) in [6, 6.07) is 4.05. The first kappa shape index (κ1) is 15.7. The lowest BCUT2D eigenvalue weighted by Crippen LogP contribution is -2.07. The first-order valence-corrected chi connectivity index (χ1v) is 7.56. The minimum atomic E-state index is 0.412. The average Bonchev–Trinajstić information content (AvgIpc) is 2.31. The number of benzene rings is 1. The third-order valence-corrected chi connectivity index (χ3v) is 3.79. The van der Waals surface area contributed by atoms with Crippen LogP contribution in [-0.4, -0.2) is 12.4 Å². The molecule has 1 rings (SSSR count). The third kappa shape index (κ3) is 4.10. The monoisotopic (exact) mass is 286 g/mol. The zero-order valence-electron chi connectivity index (χ0n) is 11.7. The fourth-order valence-corrected chi connectivity index (χ4v) is 2.39. The highest BCUT2D eigenvalue weighted by Crippen LogP contribution is 2.35. The van der Waals surface area contributed by atoms with Crippen molar-refractivity contribution < 1.29 is 4.74 Å². The Morgan fingerprint density at radius 2 is 1.94 bits per heavy atom. The lowest BCUT2D eigenvalue weighted by Gasteiger charge is -2.19. The highest BCUT2D eigenvalue weighted by Gasteiger charge is 2.16. The van der Waals surface area contributed by atoms with Crippen LogP contribution in [0.4, 0.5) is 0 Å². The fraction of sp³-hybridized carbons (Fsp3) is 0.600. The van der Waals surface area contributed by atoms with E-state index in [0.717, 1.165) is 22.9 Å². The van der Waals surface area contributed by atoms with Gasteiger partial charge in [-0.1, -0.05) is 32.4 Å². The third-order valence-electron chi connectivity index (χ3n) is 2.95. The quantitative estimate of drug-likeness (QED) is 0.726. The lowest BCUT2D eigenvalue weighted by molar-refractivity contribution is 0.330. The van der Waals surface area contributed by atoms with Crippen molar-refractivity contribution in [2.24, 2.45) is 5.92 Å². The van der Waals surface area contributed by atoms with E-state index in [-0.39, 0.29) is 0 Å². The van der Waals surface area contributed by atoms with Crippen molar-refractivity contribution in [3.8, 4) is 5.75 Å². The van der Waals surface area contributed by atoms with E-state index in [1.54, 1.807) is 0 Å². The van der Waals surface area contributed by atoms with E-state index >= 15 is 0 Å². The molecule has 1 aromatic carbocycles. The van der Waals surface area contributed by atoms with Crippen molar-refractivity contribution in [2.75, 3.05) is 12.4 Å². The summed E-state index contributed by atoms with van der Waals surface area (Å²) < 4.78 is 5.85. The van der Waals surface area contributed by atoms with E-state index in [2.05, 4.69) is 33.4 Å². The molecular weight excluding hydrogens is 264 g/mol. The zero-order valence-corrected chi connectivity index (χ0v) is 13.3. The van der Waals surface area contributed by atoms with Crippen LogP contribution in [0.1, 0.15) is 44.7 Å². The van der Waals surface area contributed by atoms with E-state index < -0.39 is 0 Å². The molecule has 0 aliphatic rings. The van der Waals surface area contributed by atoms with Crippen LogP contribution in [0.15, 0.2) is 12.1 Å². The van der Waals surface area contributed by atoms with Gasteiger partial charge in [-0.2, -0.15) is 12.6 Å². The first-order valence-electron chi connectivity index (χ1n) is 6.55. The van der Waals surface area contributed by atoms with Crippen molar-refractivity contribution in [3.63, 3.8) is 0 Å². The van der Waals surface area contributed by atoms with E-state index in [1.165, 1.54) is 11.1 Å². The zero-order chi connectivity index (χ0) is 13.7. The molecule has 0 heterocycles. The second-order valence-corrected chi connectivity index (χ2v) is 5.86. The van der Waals surface area contributed by atoms with Gasteiger partial charge < -0.3 is 4.74 Å². The van der Waals surface area contributed by atoms with Gasteiger partial charge >= 0.3 is 0 Å². The molecule has 0 radical (unpaired) electrons. The van der Waals surface area contributed by atoms with Crippen LogP contribution in [0.25, 0.3) is 0 Å². The molecule has 0 N–H and O–H groups in total. The molecular formula is C15H23ClOS. The Labute approximate surface area is 121 Å². The topological polar surface area (TPSA) is 9.23 Å². The standard InChI is InChI=1S/C15H23ClOS/c1-5-17-15-12(6-11(4)9-18)7-13(16)8-14(15)10(2)3/h7-8,10-11,18H,5-6,9H2,1-4H3. The smallest absolute Gasteiger partial charge is 0.126 e. The summed E-state index contributed by atoms with van der Waals surface area (Å²) in [7, 11) is 0. The molecule has 0 amide bonds. The summed E-state index contributed by atoms with van der Waals surface area (Å²) in [5.41, 5.74) is 2.40. The predicted octanol–water partition coefficient (Wildman–Crippen LogP) is 4.97. The van der Waals surface area contributed by atoms with Crippen LogP contribution in [0.2, 0.25) is 5.02 Å². The molecule has 1 aromatic rings. The summed E-state index contributed by atoms with van der Waals surface area (Å²) in [6.07, 6.45) is 0.957. The average molecular weight is 287 g/mol. The van der Waals surface area contributed by atoms with E-state index in [4.69, 9.17) is 16.3 Å². The summed E-state index contributed by atoms with van der Waals surface area (Å²) in [5.74, 6) is 2.82. The van der Waals surface area contributed by atoms with Gasteiger partial charge in [0.05, 0.1) is 6.61 Å². The molecule has 0 aliphatic heterocycles. The van der Waals surface area contributed by atoms with Crippen molar-refractivity contribution in [1.82, 2.24) is 0 Å². The number of hydrogen-bond acceptors (Lipinski definition) is 2. The Balaban J connectivity index is 3.20. The summed E-state index contributed by atoms with van der Waals surface area (Å²) in [6.45, 7) is 9.23. The van der Waals surface area contributed by atoms with E-state index in [9.17, 15) is 0 Å². The predicted molar refractivity (Wildman–Crippen MR) is 83.4 cm³/mol. The molecule has 0 bridgehead atoms. The number of thiol groups is 1. The summed E-state index contributed by atoms with van der Waals surface area (Å²) in [5, 5.41) is 0.795. The lowest BCUT2D eigenvalue weighted by atomic mass is 9.94. The summed E-state index contributed by atoms with van der Waals surface area (Å²) in [4.78, 5) is 0. The van der Waals surface area contributed by atoms with Gasteiger partial charge in [-0.25, -0.2) is 0 Å². The molecule has 1 nitrogen and oxygen atoms in total. The first-order chi connectivity index (χ1) is 8.49. The normalized spacial score (nSPS) is 12.8. The van der Waals surface area contributed by atoms with Crippen LogP contribution < -0.4 is 4.74 Å². The Morgan fingerprint density at radius 1 is 1.28 bits per heavy atom. The molecule has 0 aliphatic carbocycles. The van der Waals surface area contributed by atoms with Gasteiger partial charge in [-0.05, 0) is 54.2 Å². The highest BCUT2D eigenvalue weighted by molar-refractivity contribution is 7.80. The Hall–Kier alpha value is -0.340. The van der Waals surface area contributed by atoms with Gasteiger partial charge in [0.2, 0.25) is 0 Å². The van der Waals surface area contributed by atoms with Gasteiger partial charge in [0.15, 0.2) is 0 Å². The molecule has 0 saturated carbocycles. The second kappa shape index (κ2) is 7.30. The second-order valence-electron chi connectivity index (χ2n) is 5.06. The molecule has 102 valence electrons. The van der Waals surface area contributed by atoms with Crippen LogP contribution >= 0.6 is 24.2 Å². The van der Waals surface area contributed by atoms with Gasteiger partial charge in [-0.3, -0.25) is 0 Å². The Kier molecular flexibility index (Phi) is 6.37. The van der Waals surface area contributed by atoms with Gasteiger partial charge in [0.1, 0.15) is 5.75 Å². The molecule has 3 heteroatoms. The van der Waals surface area contributed by atoms with Gasteiger partial charge in [0, 0.05) is 5.02 Å². The van der Waals surface area contributed by atoms with Crippen molar-refractivity contribution in [2.45, 2.75) is 40.0 Å². The number of halogens is 1. The Bertz CT molecular complexity index is 390. The van der Waals surface area contributed by atoms with Gasteiger partial charge in [0.25, 0.3) is 0 Å². The summed E-state index contributed by atoms with van der Waals surface area (Å²) >= 11 is 10.6. The van der Waals surface area contributed by atoms with Crippen LogP contribution in [-0.2, 0) is 6.42 Å². The minimum absolute atomic E-state index is 0.412. The molecule has 0 spiro atoms. The van der Waals surface area contributed by atoms with E-state index in [1.807, 2.05) is 19.1 Å². The SMILES string of the molecule is CCOc1c(CC(C)CS)cc(Cl)cc1C(C)C. The molecule has 1 atom stereocenters. The molecule has 18 heavy (non-hydrogen) atoms.